The zero-order chi connectivity index (χ0) is 19.1. The third-order valence-corrected chi connectivity index (χ3v) is 3.85. The van der Waals surface area contributed by atoms with E-state index in [1.54, 1.807) is 25.3 Å². The lowest BCUT2D eigenvalue weighted by Gasteiger charge is -2.08. The first kappa shape index (κ1) is 18.3. The third kappa shape index (κ3) is 5.24. The van der Waals surface area contributed by atoms with Crippen LogP contribution in [0.4, 0.5) is 16.0 Å². The Hall–Kier alpha value is -3.48. The summed E-state index contributed by atoms with van der Waals surface area (Å²) < 4.78 is 18.0. The van der Waals surface area contributed by atoms with Crippen LogP contribution in [0, 0.1) is 5.82 Å². The number of methoxy groups -OCH3 is 1. The van der Waals surface area contributed by atoms with Crippen LogP contribution in [-0.2, 0) is 6.42 Å². The molecule has 0 bridgehead atoms. The number of carbonyl (C=O) groups excluding carboxylic acids is 1. The number of hydrogen-bond acceptors (Lipinski definition) is 5. The van der Waals surface area contributed by atoms with Gasteiger partial charge in [0.05, 0.1) is 7.11 Å². The minimum absolute atomic E-state index is 0.264. The van der Waals surface area contributed by atoms with Crippen LogP contribution in [0.3, 0.4) is 0 Å². The van der Waals surface area contributed by atoms with Gasteiger partial charge in [0.1, 0.15) is 17.3 Å². The lowest BCUT2D eigenvalue weighted by Crippen LogP contribution is -2.26. The van der Waals surface area contributed by atoms with Crippen molar-refractivity contribution in [2.24, 2.45) is 0 Å². The molecule has 2 N–H and O–H groups in total. The second-order valence-corrected chi connectivity index (χ2v) is 5.75. The number of aromatic nitrogens is 2. The fourth-order valence-corrected chi connectivity index (χ4v) is 2.41. The quantitative estimate of drug-likeness (QED) is 0.671. The average molecular weight is 366 g/mol. The van der Waals surface area contributed by atoms with E-state index in [1.807, 2.05) is 24.3 Å². The number of halogens is 1. The lowest BCUT2D eigenvalue weighted by atomic mass is 10.1. The van der Waals surface area contributed by atoms with Gasteiger partial charge in [-0.25, -0.2) is 14.4 Å². The normalized spacial score (nSPS) is 10.3. The molecular weight excluding hydrogens is 347 g/mol. The molecule has 0 fully saturated rings. The first-order chi connectivity index (χ1) is 13.1. The Bertz CT molecular complexity index is 899. The second-order valence-electron chi connectivity index (χ2n) is 5.75. The molecule has 0 spiro atoms. The summed E-state index contributed by atoms with van der Waals surface area (Å²) in [4.78, 5) is 20.6. The molecule has 6 nitrogen and oxygen atoms in total. The molecule has 0 saturated heterocycles. The van der Waals surface area contributed by atoms with Crippen molar-refractivity contribution >= 4 is 17.5 Å². The summed E-state index contributed by atoms with van der Waals surface area (Å²) in [5.41, 5.74) is 1.99. The summed E-state index contributed by atoms with van der Waals surface area (Å²) in [6.45, 7) is 0.426. The first-order valence-electron chi connectivity index (χ1n) is 8.41. The van der Waals surface area contributed by atoms with E-state index in [0.717, 1.165) is 17.0 Å². The fourth-order valence-electron chi connectivity index (χ4n) is 2.41. The van der Waals surface area contributed by atoms with Crippen molar-refractivity contribution in [3.63, 3.8) is 0 Å². The monoisotopic (exact) mass is 366 g/mol. The molecule has 1 aromatic heterocycles. The maximum Gasteiger partial charge on any atom is 0.270 e. The molecule has 0 unspecified atom stereocenters. The summed E-state index contributed by atoms with van der Waals surface area (Å²) >= 11 is 0. The van der Waals surface area contributed by atoms with E-state index < -0.39 is 0 Å². The minimum atomic E-state index is -0.294. The van der Waals surface area contributed by atoms with E-state index in [1.165, 1.54) is 18.3 Å². The standard InChI is InChI=1S/C20H19FN4O2/c1-27-17-8-6-16(7-9-17)24-20-23-13-11-18(25-20)19(26)22-12-10-14-2-4-15(21)5-3-14/h2-9,11,13H,10,12H2,1H3,(H,22,26)(H,23,24,25). The Morgan fingerprint density at radius 1 is 1.07 bits per heavy atom. The molecule has 0 aliphatic rings. The maximum atomic E-state index is 12.9. The number of nitrogens with one attached hydrogen (secondary N) is 2. The predicted octanol–water partition coefficient (Wildman–Crippen LogP) is 3.34. The molecule has 7 heteroatoms. The highest BCUT2D eigenvalue weighted by Gasteiger charge is 2.09. The minimum Gasteiger partial charge on any atom is -0.497 e. The molecule has 1 heterocycles. The number of nitrogens with zero attached hydrogens (tertiary/aromatic N) is 2. The molecule has 0 radical (unpaired) electrons. The molecule has 138 valence electrons. The van der Waals surface area contributed by atoms with Crippen LogP contribution >= 0.6 is 0 Å². The number of benzene rings is 2. The number of carbonyl (C=O) groups is 1. The number of rotatable bonds is 7. The lowest BCUT2D eigenvalue weighted by molar-refractivity contribution is 0.0949. The molecule has 3 aromatic rings. The molecule has 0 atom stereocenters. The molecular formula is C20H19FN4O2. The Balaban J connectivity index is 1.56. The highest BCUT2D eigenvalue weighted by molar-refractivity contribution is 5.92. The van der Waals surface area contributed by atoms with Gasteiger partial charge in [-0.2, -0.15) is 0 Å². The van der Waals surface area contributed by atoms with Gasteiger partial charge in [-0.15, -0.1) is 0 Å². The summed E-state index contributed by atoms with van der Waals surface area (Å²) in [5.74, 6) is 0.500. The van der Waals surface area contributed by atoms with Crippen LogP contribution in [-0.4, -0.2) is 29.5 Å². The van der Waals surface area contributed by atoms with Gasteiger partial charge in [-0.05, 0) is 54.4 Å². The van der Waals surface area contributed by atoms with E-state index in [9.17, 15) is 9.18 Å². The Kier molecular flexibility index (Phi) is 5.94. The molecule has 3 rings (SSSR count). The smallest absolute Gasteiger partial charge is 0.270 e. The van der Waals surface area contributed by atoms with Crippen molar-refractivity contribution in [3.05, 3.63) is 77.9 Å². The van der Waals surface area contributed by atoms with Gasteiger partial charge in [0.25, 0.3) is 5.91 Å². The van der Waals surface area contributed by atoms with Gasteiger partial charge < -0.3 is 15.4 Å². The highest BCUT2D eigenvalue weighted by atomic mass is 19.1. The predicted molar refractivity (Wildman–Crippen MR) is 101 cm³/mol. The van der Waals surface area contributed by atoms with Gasteiger partial charge >= 0.3 is 0 Å². The molecule has 0 saturated carbocycles. The van der Waals surface area contributed by atoms with E-state index in [2.05, 4.69) is 20.6 Å². The second kappa shape index (κ2) is 8.75. The SMILES string of the molecule is COc1ccc(Nc2nccc(C(=O)NCCc3ccc(F)cc3)n2)cc1. The average Bonchev–Trinajstić information content (AvgIpc) is 2.70. The Labute approximate surface area is 156 Å². The van der Waals surface area contributed by atoms with Gasteiger partial charge in [0.15, 0.2) is 0 Å². The van der Waals surface area contributed by atoms with Crippen molar-refractivity contribution in [2.75, 3.05) is 19.0 Å². The van der Waals surface area contributed by atoms with Crippen molar-refractivity contribution in [2.45, 2.75) is 6.42 Å². The summed E-state index contributed by atoms with van der Waals surface area (Å²) in [5, 5.41) is 5.85. The zero-order valence-corrected chi connectivity index (χ0v) is 14.8. The van der Waals surface area contributed by atoms with Gasteiger partial charge in [-0.1, -0.05) is 12.1 Å². The third-order valence-electron chi connectivity index (χ3n) is 3.85. The Morgan fingerprint density at radius 2 is 1.81 bits per heavy atom. The molecule has 0 aliphatic carbocycles. The van der Waals surface area contributed by atoms with E-state index >= 15 is 0 Å². The highest BCUT2D eigenvalue weighted by Crippen LogP contribution is 2.17. The summed E-state index contributed by atoms with van der Waals surface area (Å²) in [6, 6.07) is 15.0. The Morgan fingerprint density at radius 3 is 2.52 bits per heavy atom. The van der Waals surface area contributed by atoms with E-state index in [4.69, 9.17) is 4.74 Å². The topological polar surface area (TPSA) is 76.1 Å². The van der Waals surface area contributed by atoms with Crippen molar-refractivity contribution in [1.82, 2.24) is 15.3 Å². The van der Waals surface area contributed by atoms with Crippen LogP contribution in [0.1, 0.15) is 16.1 Å². The molecule has 27 heavy (non-hydrogen) atoms. The number of ether oxygens (including phenoxy) is 1. The summed E-state index contributed by atoms with van der Waals surface area (Å²) in [6.07, 6.45) is 2.13. The molecule has 1 amide bonds. The van der Waals surface area contributed by atoms with Crippen LogP contribution in [0.2, 0.25) is 0 Å². The zero-order valence-electron chi connectivity index (χ0n) is 14.8. The van der Waals surface area contributed by atoms with Crippen molar-refractivity contribution < 1.29 is 13.9 Å². The summed E-state index contributed by atoms with van der Waals surface area (Å²) in [7, 11) is 1.60. The fraction of sp³-hybridized carbons (Fsp3) is 0.150. The van der Waals surface area contributed by atoms with E-state index in [0.29, 0.717) is 18.9 Å². The first-order valence-corrected chi connectivity index (χ1v) is 8.41. The van der Waals surface area contributed by atoms with Crippen LogP contribution in [0.5, 0.6) is 5.75 Å². The van der Waals surface area contributed by atoms with Gasteiger partial charge in [0, 0.05) is 18.4 Å². The number of amides is 1. The van der Waals surface area contributed by atoms with Gasteiger partial charge in [-0.3, -0.25) is 4.79 Å². The molecule has 2 aromatic carbocycles. The van der Waals surface area contributed by atoms with Crippen molar-refractivity contribution in [3.8, 4) is 5.75 Å². The largest absolute Gasteiger partial charge is 0.497 e. The van der Waals surface area contributed by atoms with Crippen LogP contribution in [0.25, 0.3) is 0 Å². The van der Waals surface area contributed by atoms with Gasteiger partial charge in [0.2, 0.25) is 5.95 Å². The van der Waals surface area contributed by atoms with Crippen LogP contribution in [0.15, 0.2) is 60.8 Å². The van der Waals surface area contributed by atoms with Crippen LogP contribution < -0.4 is 15.4 Å². The van der Waals surface area contributed by atoms with Crippen molar-refractivity contribution in [1.29, 1.82) is 0 Å². The number of hydrogen-bond donors (Lipinski definition) is 2. The number of anilines is 2. The maximum absolute atomic E-state index is 12.9. The molecule has 0 aliphatic heterocycles. The van der Waals surface area contributed by atoms with E-state index in [-0.39, 0.29) is 17.4 Å².